The highest BCUT2D eigenvalue weighted by molar-refractivity contribution is 5.94. The van der Waals surface area contributed by atoms with Gasteiger partial charge in [-0.1, -0.05) is 18.6 Å². The molecule has 7 nitrogen and oxygen atoms in total. The highest BCUT2D eigenvalue weighted by atomic mass is 35.5. The second-order valence-electron chi connectivity index (χ2n) is 6.80. The van der Waals surface area contributed by atoms with Gasteiger partial charge in [0.2, 0.25) is 5.91 Å². The topological polar surface area (TPSA) is 93.9 Å². The number of halogens is 1. The summed E-state index contributed by atoms with van der Waals surface area (Å²) in [5.74, 6) is 0.598. The van der Waals surface area contributed by atoms with Crippen molar-refractivity contribution in [2.45, 2.75) is 19.3 Å². The number of benzene rings is 1. The summed E-state index contributed by atoms with van der Waals surface area (Å²) in [5.41, 5.74) is 6.37. The Bertz CT molecular complexity index is 637. The molecule has 1 aromatic rings. The Hall–Kier alpha value is -1.83. The summed E-state index contributed by atoms with van der Waals surface area (Å²) in [7, 11) is 0. The number of rotatable bonds is 6. The smallest absolute Gasteiger partial charge is 0.260 e. The number of para-hydroxylation sites is 2. The first-order valence-electron chi connectivity index (χ1n) is 9.27. The van der Waals surface area contributed by atoms with Crippen LogP contribution < -0.4 is 15.8 Å². The quantitative estimate of drug-likeness (QED) is 0.761. The molecular formula is C19H28ClN3O4. The molecule has 3 rings (SSSR count). The maximum Gasteiger partial charge on any atom is 0.260 e. The number of morpholine rings is 1. The number of hydrogen-bond donors (Lipinski definition) is 2. The van der Waals surface area contributed by atoms with E-state index in [1.165, 1.54) is 0 Å². The zero-order valence-electron chi connectivity index (χ0n) is 15.4. The molecule has 0 aromatic heterocycles. The summed E-state index contributed by atoms with van der Waals surface area (Å²) in [4.78, 5) is 26.6. The number of nitrogens with zero attached hydrogens (tertiary/aromatic N) is 1. The van der Waals surface area contributed by atoms with Crippen molar-refractivity contribution in [2.24, 2.45) is 17.6 Å². The van der Waals surface area contributed by atoms with Gasteiger partial charge in [0.25, 0.3) is 5.91 Å². The zero-order chi connectivity index (χ0) is 18.4. The van der Waals surface area contributed by atoms with E-state index in [4.69, 9.17) is 15.2 Å². The minimum Gasteiger partial charge on any atom is -0.482 e. The fraction of sp³-hybridized carbons (Fsp3) is 0.579. The number of ether oxygens (including phenoxy) is 2. The lowest BCUT2D eigenvalue weighted by atomic mass is 9.95. The van der Waals surface area contributed by atoms with Crippen LogP contribution in [0, 0.1) is 11.8 Å². The van der Waals surface area contributed by atoms with Crippen molar-refractivity contribution >= 4 is 29.9 Å². The Balaban J connectivity index is 0.00000261. The second-order valence-corrected chi connectivity index (χ2v) is 6.80. The van der Waals surface area contributed by atoms with E-state index >= 15 is 0 Å². The van der Waals surface area contributed by atoms with Crippen LogP contribution in [0.3, 0.4) is 0 Å². The van der Waals surface area contributed by atoms with Crippen LogP contribution in [0.2, 0.25) is 0 Å². The Labute approximate surface area is 166 Å². The first-order valence-corrected chi connectivity index (χ1v) is 9.27. The van der Waals surface area contributed by atoms with Crippen LogP contribution in [0.15, 0.2) is 24.3 Å². The predicted octanol–water partition coefficient (Wildman–Crippen LogP) is 1.66. The molecule has 0 unspecified atom stereocenters. The van der Waals surface area contributed by atoms with Crippen LogP contribution in [-0.2, 0) is 14.3 Å². The molecule has 1 saturated heterocycles. The molecule has 150 valence electrons. The van der Waals surface area contributed by atoms with E-state index in [1.54, 1.807) is 17.0 Å². The Morgan fingerprint density at radius 1 is 1.22 bits per heavy atom. The third kappa shape index (κ3) is 5.57. The number of carbonyl (C=O) groups is 2. The fourth-order valence-corrected chi connectivity index (χ4v) is 3.63. The Kier molecular flexibility index (Phi) is 8.34. The van der Waals surface area contributed by atoms with E-state index in [9.17, 15) is 9.59 Å². The summed E-state index contributed by atoms with van der Waals surface area (Å²) < 4.78 is 10.9. The van der Waals surface area contributed by atoms with Crippen molar-refractivity contribution in [3.05, 3.63) is 24.3 Å². The second kappa shape index (κ2) is 10.5. The van der Waals surface area contributed by atoms with Gasteiger partial charge in [0.15, 0.2) is 6.61 Å². The third-order valence-electron chi connectivity index (χ3n) is 5.16. The first-order chi connectivity index (χ1) is 12.7. The third-order valence-corrected chi connectivity index (χ3v) is 5.16. The molecule has 2 atom stereocenters. The van der Waals surface area contributed by atoms with E-state index in [0.717, 1.165) is 19.3 Å². The summed E-state index contributed by atoms with van der Waals surface area (Å²) in [5, 5.41) is 2.96. The molecule has 2 fully saturated rings. The van der Waals surface area contributed by atoms with Crippen LogP contribution in [0.4, 0.5) is 5.69 Å². The van der Waals surface area contributed by atoms with Gasteiger partial charge in [-0.05, 0) is 37.4 Å². The normalized spacial score (nSPS) is 22.0. The lowest BCUT2D eigenvalue weighted by Gasteiger charge is -2.27. The van der Waals surface area contributed by atoms with Crippen LogP contribution >= 0.6 is 12.4 Å². The monoisotopic (exact) mass is 397 g/mol. The van der Waals surface area contributed by atoms with Gasteiger partial charge in [-0.2, -0.15) is 0 Å². The molecule has 1 aliphatic carbocycles. The highest BCUT2D eigenvalue weighted by Crippen LogP contribution is 2.33. The molecule has 27 heavy (non-hydrogen) atoms. The van der Waals surface area contributed by atoms with Crippen LogP contribution in [0.5, 0.6) is 5.75 Å². The van der Waals surface area contributed by atoms with Crippen LogP contribution in [-0.4, -0.2) is 56.2 Å². The van der Waals surface area contributed by atoms with E-state index in [-0.39, 0.29) is 42.7 Å². The van der Waals surface area contributed by atoms with Crippen molar-refractivity contribution in [3.63, 3.8) is 0 Å². The highest BCUT2D eigenvalue weighted by Gasteiger charge is 2.32. The number of amides is 2. The number of carbonyl (C=O) groups excluding carboxylic acids is 2. The van der Waals surface area contributed by atoms with Crippen molar-refractivity contribution in [1.29, 1.82) is 0 Å². The lowest BCUT2D eigenvalue weighted by Crippen LogP contribution is -2.43. The molecule has 1 aromatic carbocycles. The minimum atomic E-state index is -0.0755. The molecule has 8 heteroatoms. The van der Waals surface area contributed by atoms with Crippen molar-refractivity contribution < 1.29 is 19.1 Å². The Morgan fingerprint density at radius 2 is 1.96 bits per heavy atom. The van der Waals surface area contributed by atoms with Crippen LogP contribution in [0.1, 0.15) is 19.3 Å². The molecule has 1 aliphatic heterocycles. The number of nitrogens with one attached hydrogen (secondary N) is 1. The largest absolute Gasteiger partial charge is 0.482 e. The first kappa shape index (κ1) is 21.5. The maximum atomic E-state index is 12.6. The SMILES string of the molecule is Cl.NC[C@H]1CCC[C@H]1C(=O)Nc1ccccc1OCC(=O)N1CCOCC1. The number of nitrogens with two attached hydrogens (primary N) is 1. The average molecular weight is 398 g/mol. The predicted molar refractivity (Wildman–Crippen MR) is 105 cm³/mol. The van der Waals surface area contributed by atoms with Crippen molar-refractivity contribution in [3.8, 4) is 5.75 Å². The van der Waals surface area contributed by atoms with E-state index in [2.05, 4.69) is 5.32 Å². The molecule has 2 amide bonds. The maximum absolute atomic E-state index is 12.6. The van der Waals surface area contributed by atoms with Gasteiger partial charge in [0.1, 0.15) is 5.75 Å². The van der Waals surface area contributed by atoms with Crippen molar-refractivity contribution in [1.82, 2.24) is 4.90 Å². The fourth-order valence-electron chi connectivity index (χ4n) is 3.63. The molecule has 2 aliphatic rings. The van der Waals surface area contributed by atoms with E-state index < -0.39 is 0 Å². The number of anilines is 1. The lowest BCUT2D eigenvalue weighted by molar-refractivity contribution is -0.137. The average Bonchev–Trinajstić information content (AvgIpc) is 3.16. The summed E-state index contributed by atoms with van der Waals surface area (Å²) in [6.45, 7) is 2.77. The van der Waals surface area contributed by atoms with Gasteiger partial charge in [0.05, 0.1) is 18.9 Å². The van der Waals surface area contributed by atoms with Gasteiger partial charge in [0, 0.05) is 19.0 Å². The van der Waals surface area contributed by atoms with E-state index in [0.29, 0.717) is 44.3 Å². The van der Waals surface area contributed by atoms with Gasteiger partial charge in [-0.15, -0.1) is 12.4 Å². The summed E-state index contributed by atoms with van der Waals surface area (Å²) in [6.07, 6.45) is 2.90. The van der Waals surface area contributed by atoms with Gasteiger partial charge in [-0.3, -0.25) is 9.59 Å². The summed E-state index contributed by atoms with van der Waals surface area (Å²) in [6, 6.07) is 7.21. The Morgan fingerprint density at radius 3 is 2.70 bits per heavy atom. The van der Waals surface area contributed by atoms with Gasteiger partial charge >= 0.3 is 0 Å². The van der Waals surface area contributed by atoms with Gasteiger partial charge in [-0.25, -0.2) is 0 Å². The van der Waals surface area contributed by atoms with Crippen molar-refractivity contribution in [2.75, 3.05) is 44.8 Å². The molecule has 3 N–H and O–H groups in total. The molecular weight excluding hydrogens is 370 g/mol. The molecule has 0 bridgehead atoms. The molecule has 1 heterocycles. The number of hydrogen-bond acceptors (Lipinski definition) is 5. The molecule has 0 spiro atoms. The molecule has 1 saturated carbocycles. The zero-order valence-corrected chi connectivity index (χ0v) is 16.2. The summed E-state index contributed by atoms with van der Waals surface area (Å²) >= 11 is 0. The van der Waals surface area contributed by atoms with Gasteiger partial charge < -0.3 is 25.4 Å². The minimum absolute atomic E-state index is 0. The molecule has 0 radical (unpaired) electrons. The van der Waals surface area contributed by atoms with E-state index in [1.807, 2.05) is 12.1 Å². The van der Waals surface area contributed by atoms with Crippen LogP contribution in [0.25, 0.3) is 0 Å². The standard InChI is InChI=1S/C19H27N3O4.ClH/c20-12-14-4-3-5-15(14)19(24)21-16-6-1-2-7-17(16)26-13-18(23)22-8-10-25-11-9-22;/h1-2,6-7,14-15H,3-5,8-13,20H2,(H,21,24);1H/t14-,15-;/m1./s1.